The van der Waals surface area contributed by atoms with E-state index in [1.165, 1.54) is 0 Å². The molecule has 1 saturated heterocycles. The van der Waals surface area contributed by atoms with E-state index in [1.54, 1.807) is 4.90 Å². The van der Waals surface area contributed by atoms with Crippen molar-refractivity contribution < 1.29 is 22.3 Å². The number of rotatable bonds is 1. The van der Waals surface area contributed by atoms with Crippen molar-refractivity contribution in [2.75, 3.05) is 18.1 Å². The molecule has 0 aromatic carbocycles. The van der Waals surface area contributed by atoms with Gasteiger partial charge in [0.25, 0.3) is 0 Å². The van der Waals surface area contributed by atoms with Crippen molar-refractivity contribution in [3.8, 4) is 5.75 Å². The lowest BCUT2D eigenvalue weighted by molar-refractivity contribution is -0.137. The van der Waals surface area contributed by atoms with Gasteiger partial charge in [0.1, 0.15) is 6.17 Å². The molecule has 0 spiro atoms. The predicted molar refractivity (Wildman–Crippen MR) is 78.3 cm³/mol. The van der Waals surface area contributed by atoms with Crippen LogP contribution < -0.4 is 9.64 Å². The number of nitrogens with zero attached hydrogens (tertiary/aromatic N) is 2. The summed E-state index contributed by atoms with van der Waals surface area (Å²) in [6, 6.07) is 1.02. The van der Waals surface area contributed by atoms with Crippen LogP contribution in [-0.2, 0) is 6.18 Å². The Morgan fingerprint density at radius 3 is 2.74 bits per heavy atom. The van der Waals surface area contributed by atoms with Crippen molar-refractivity contribution in [3.05, 3.63) is 17.8 Å². The summed E-state index contributed by atoms with van der Waals surface area (Å²) in [5, 5.41) is 0. The number of alkyl halides is 4. The molecule has 0 N–H and O–H groups in total. The Morgan fingerprint density at radius 1 is 1.35 bits per heavy atom. The summed E-state index contributed by atoms with van der Waals surface area (Å²) in [4.78, 5) is 5.73. The van der Waals surface area contributed by atoms with Crippen LogP contribution in [0.5, 0.6) is 5.75 Å². The second-order valence-electron chi connectivity index (χ2n) is 6.65. The first kappa shape index (κ1) is 16.3. The van der Waals surface area contributed by atoms with Gasteiger partial charge in [0.2, 0.25) is 0 Å². The van der Waals surface area contributed by atoms with Gasteiger partial charge >= 0.3 is 6.18 Å². The molecule has 3 unspecified atom stereocenters. The minimum absolute atomic E-state index is 0.0350. The van der Waals surface area contributed by atoms with Crippen molar-refractivity contribution in [2.45, 2.75) is 45.1 Å². The fraction of sp³-hybridized carbons (Fsp3) is 0.688. The number of fused-ring (bicyclic) bond motifs is 3. The first-order valence-electron chi connectivity index (χ1n) is 7.88. The van der Waals surface area contributed by atoms with E-state index in [1.807, 2.05) is 13.8 Å². The van der Waals surface area contributed by atoms with Crippen molar-refractivity contribution >= 4 is 5.82 Å². The number of aromatic nitrogens is 1. The highest BCUT2D eigenvalue weighted by Gasteiger charge is 2.40. The Hall–Kier alpha value is -1.53. The van der Waals surface area contributed by atoms with Gasteiger partial charge < -0.3 is 9.64 Å². The Kier molecular flexibility index (Phi) is 4.14. The molecule has 0 aliphatic carbocycles. The number of hydrogen-bond acceptors (Lipinski definition) is 3. The molecule has 0 radical (unpaired) electrons. The fourth-order valence-corrected chi connectivity index (χ4v) is 3.50. The molecule has 7 heteroatoms. The topological polar surface area (TPSA) is 25.4 Å². The number of piperidine rings is 1. The van der Waals surface area contributed by atoms with E-state index in [2.05, 4.69) is 4.98 Å². The van der Waals surface area contributed by atoms with E-state index in [0.29, 0.717) is 25.3 Å². The second kappa shape index (κ2) is 5.83. The molecular weight excluding hydrogens is 312 g/mol. The zero-order valence-electron chi connectivity index (χ0n) is 13.1. The van der Waals surface area contributed by atoms with Crippen LogP contribution in [0.15, 0.2) is 12.3 Å². The van der Waals surface area contributed by atoms with Gasteiger partial charge in [-0.2, -0.15) is 13.2 Å². The molecule has 2 aliphatic rings. The summed E-state index contributed by atoms with van der Waals surface area (Å²) in [5.41, 5.74) is -0.844. The van der Waals surface area contributed by atoms with Gasteiger partial charge in [0, 0.05) is 18.7 Å². The quantitative estimate of drug-likeness (QED) is 0.725. The van der Waals surface area contributed by atoms with Crippen LogP contribution in [0.1, 0.15) is 32.3 Å². The van der Waals surface area contributed by atoms with Gasteiger partial charge in [-0.25, -0.2) is 9.37 Å². The highest BCUT2D eigenvalue weighted by Crippen LogP contribution is 2.41. The van der Waals surface area contributed by atoms with Crippen LogP contribution in [0.25, 0.3) is 0 Å². The predicted octanol–water partition coefficient (Wildman–Crippen LogP) is 4.07. The summed E-state index contributed by atoms with van der Waals surface area (Å²) >= 11 is 0. The highest BCUT2D eigenvalue weighted by atomic mass is 19.4. The third-order valence-corrected chi connectivity index (χ3v) is 4.82. The average molecular weight is 332 g/mol. The molecule has 0 amide bonds. The largest absolute Gasteiger partial charge is 0.490 e. The van der Waals surface area contributed by atoms with Crippen LogP contribution in [0, 0.1) is 11.8 Å². The number of pyridine rings is 1. The maximum Gasteiger partial charge on any atom is 0.418 e. The van der Waals surface area contributed by atoms with Gasteiger partial charge in [0.05, 0.1) is 18.7 Å². The molecule has 0 saturated carbocycles. The summed E-state index contributed by atoms with van der Waals surface area (Å²) < 4.78 is 58.4. The maximum atomic E-state index is 14.5. The Morgan fingerprint density at radius 2 is 2.09 bits per heavy atom. The summed E-state index contributed by atoms with van der Waals surface area (Å²) in [6.07, 6.45) is -3.35. The molecule has 3 rings (SSSR count). The van der Waals surface area contributed by atoms with E-state index in [9.17, 15) is 17.6 Å². The molecule has 0 bridgehead atoms. The van der Waals surface area contributed by atoms with E-state index in [4.69, 9.17) is 4.74 Å². The van der Waals surface area contributed by atoms with E-state index in [0.717, 1.165) is 12.3 Å². The SMILES string of the molecule is CC(C)C1CC2CCOc3cc(C(F)(F)F)cnc3N2CC1F. The standard InChI is InChI=1S/C16H20F4N2O/c1-9(2)12-6-11-3-4-23-14-5-10(16(18,19)20)7-21-15(14)22(11)8-13(12)17/h5,7,9,11-13H,3-4,6,8H2,1-2H3. The van der Waals surface area contributed by atoms with Crippen LogP contribution >= 0.6 is 0 Å². The van der Waals surface area contributed by atoms with Crippen molar-refractivity contribution in [2.24, 2.45) is 11.8 Å². The molecule has 3 heterocycles. The van der Waals surface area contributed by atoms with Gasteiger partial charge in [-0.3, -0.25) is 0 Å². The van der Waals surface area contributed by atoms with Gasteiger partial charge in [0.15, 0.2) is 11.6 Å². The third-order valence-electron chi connectivity index (χ3n) is 4.82. The maximum absolute atomic E-state index is 14.5. The minimum Gasteiger partial charge on any atom is -0.490 e. The number of anilines is 1. The highest BCUT2D eigenvalue weighted by molar-refractivity contribution is 5.56. The Bertz CT molecular complexity index is 576. The van der Waals surface area contributed by atoms with Gasteiger partial charge in [-0.1, -0.05) is 13.8 Å². The van der Waals surface area contributed by atoms with E-state index >= 15 is 0 Å². The lowest BCUT2D eigenvalue weighted by Gasteiger charge is -2.42. The van der Waals surface area contributed by atoms with E-state index in [-0.39, 0.29) is 30.2 Å². The molecule has 2 aliphatic heterocycles. The molecule has 3 atom stereocenters. The second-order valence-corrected chi connectivity index (χ2v) is 6.65. The Labute approximate surface area is 132 Å². The zero-order chi connectivity index (χ0) is 16.8. The van der Waals surface area contributed by atoms with Crippen LogP contribution in [-0.4, -0.2) is 30.3 Å². The number of halogens is 4. The van der Waals surface area contributed by atoms with Gasteiger partial charge in [-0.05, 0) is 24.3 Å². The average Bonchev–Trinajstić information content (AvgIpc) is 2.63. The summed E-state index contributed by atoms with van der Waals surface area (Å²) in [6.45, 7) is 4.48. The molecule has 23 heavy (non-hydrogen) atoms. The zero-order valence-corrected chi connectivity index (χ0v) is 13.1. The lowest BCUT2D eigenvalue weighted by atomic mass is 9.81. The molecule has 3 nitrogen and oxygen atoms in total. The summed E-state index contributed by atoms with van der Waals surface area (Å²) in [7, 11) is 0. The van der Waals surface area contributed by atoms with Crippen LogP contribution in [0.4, 0.5) is 23.4 Å². The minimum atomic E-state index is -4.47. The summed E-state index contributed by atoms with van der Waals surface area (Å²) in [5.74, 6) is 0.617. The van der Waals surface area contributed by atoms with E-state index < -0.39 is 17.9 Å². The Balaban J connectivity index is 1.92. The molecule has 1 aromatic rings. The lowest BCUT2D eigenvalue weighted by Crippen LogP contribution is -2.50. The molecular formula is C16H20F4N2O. The normalized spacial score (nSPS) is 28.0. The third kappa shape index (κ3) is 3.10. The molecule has 128 valence electrons. The van der Waals surface area contributed by atoms with Crippen molar-refractivity contribution in [1.82, 2.24) is 4.98 Å². The first-order valence-corrected chi connectivity index (χ1v) is 7.88. The smallest absolute Gasteiger partial charge is 0.418 e. The van der Waals surface area contributed by atoms with Crippen LogP contribution in [0.2, 0.25) is 0 Å². The number of hydrogen-bond donors (Lipinski definition) is 0. The van der Waals surface area contributed by atoms with Crippen molar-refractivity contribution in [3.63, 3.8) is 0 Å². The van der Waals surface area contributed by atoms with Crippen molar-refractivity contribution in [1.29, 1.82) is 0 Å². The first-order chi connectivity index (χ1) is 10.8. The fourth-order valence-electron chi connectivity index (χ4n) is 3.50. The van der Waals surface area contributed by atoms with Gasteiger partial charge in [-0.15, -0.1) is 0 Å². The molecule has 1 aromatic heterocycles. The number of ether oxygens (including phenoxy) is 1. The van der Waals surface area contributed by atoms with Crippen LogP contribution in [0.3, 0.4) is 0 Å². The monoisotopic (exact) mass is 332 g/mol. The molecule has 1 fully saturated rings.